The normalized spacial score (nSPS) is 28.6. The molecule has 1 aliphatic heterocycles. The molecule has 3 heterocycles. The molecule has 3 rings (SSSR count). The Morgan fingerprint density at radius 2 is 2.18 bits per heavy atom. The van der Waals surface area contributed by atoms with E-state index in [1.807, 2.05) is 0 Å². The summed E-state index contributed by atoms with van der Waals surface area (Å²) in [5.74, 6) is -0.863. The summed E-state index contributed by atoms with van der Waals surface area (Å²) < 4.78 is 6.25. The summed E-state index contributed by atoms with van der Waals surface area (Å²) in [6.07, 6.45) is 0.295. The third kappa shape index (κ3) is 1.38. The SMILES string of the molecule is O=C1O[C@@H](n2cnc3cncnc32)[C@H](O)[C@@H]1O. The number of hydrogen-bond acceptors (Lipinski definition) is 7. The lowest BCUT2D eigenvalue weighted by Gasteiger charge is -2.14. The fraction of sp³-hybridized carbons (Fsp3) is 0.333. The molecule has 2 aromatic rings. The van der Waals surface area contributed by atoms with E-state index in [9.17, 15) is 15.0 Å². The molecule has 3 atom stereocenters. The third-order valence-electron chi connectivity index (χ3n) is 2.61. The van der Waals surface area contributed by atoms with Crippen LogP contribution in [0.2, 0.25) is 0 Å². The topological polar surface area (TPSA) is 110 Å². The minimum Gasteiger partial charge on any atom is -0.436 e. The first-order valence-corrected chi connectivity index (χ1v) is 4.87. The fourth-order valence-corrected chi connectivity index (χ4v) is 1.75. The number of esters is 1. The van der Waals surface area contributed by atoms with Gasteiger partial charge in [0.25, 0.3) is 0 Å². The Morgan fingerprint density at radius 3 is 2.88 bits per heavy atom. The standard InChI is InChI=1S/C9H8N4O4/c14-5-6(15)9(16)17-8(5)13-3-12-4-1-10-2-11-7(4)13/h1-3,5-6,8,14-15H/t5-,6+,8-/m1/s1. The number of aliphatic hydroxyl groups is 2. The maximum Gasteiger partial charge on any atom is 0.339 e. The van der Waals surface area contributed by atoms with Gasteiger partial charge in [-0.2, -0.15) is 0 Å². The Labute approximate surface area is 94.5 Å². The summed E-state index contributed by atoms with van der Waals surface area (Å²) in [5, 5.41) is 19.0. The molecule has 1 fully saturated rings. The van der Waals surface area contributed by atoms with Gasteiger partial charge in [-0.25, -0.2) is 19.7 Å². The highest BCUT2D eigenvalue weighted by molar-refractivity contribution is 5.78. The van der Waals surface area contributed by atoms with E-state index in [1.165, 1.54) is 23.4 Å². The van der Waals surface area contributed by atoms with Crippen molar-refractivity contribution in [2.45, 2.75) is 18.4 Å². The molecule has 0 unspecified atom stereocenters. The van der Waals surface area contributed by atoms with Gasteiger partial charge in [-0.1, -0.05) is 0 Å². The second kappa shape index (κ2) is 3.47. The minimum atomic E-state index is -1.54. The number of rotatable bonds is 1. The van der Waals surface area contributed by atoms with E-state index in [2.05, 4.69) is 15.0 Å². The van der Waals surface area contributed by atoms with E-state index in [1.54, 1.807) is 0 Å². The van der Waals surface area contributed by atoms with Crippen LogP contribution >= 0.6 is 0 Å². The van der Waals surface area contributed by atoms with Crippen molar-refractivity contribution < 1.29 is 19.7 Å². The Bertz CT molecular complexity index is 583. The quantitative estimate of drug-likeness (QED) is 0.586. The van der Waals surface area contributed by atoms with Crippen molar-refractivity contribution in [1.82, 2.24) is 19.5 Å². The Kier molecular flexibility index (Phi) is 2.06. The van der Waals surface area contributed by atoms with Crippen molar-refractivity contribution in [2.24, 2.45) is 0 Å². The second-order valence-corrected chi connectivity index (χ2v) is 3.65. The molecule has 1 aliphatic rings. The number of carbonyl (C=O) groups is 1. The number of hydrogen-bond donors (Lipinski definition) is 2. The highest BCUT2D eigenvalue weighted by atomic mass is 16.6. The van der Waals surface area contributed by atoms with E-state index in [4.69, 9.17) is 4.74 Å². The van der Waals surface area contributed by atoms with Crippen molar-refractivity contribution in [3.63, 3.8) is 0 Å². The molecule has 88 valence electrons. The van der Waals surface area contributed by atoms with E-state index < -0.39 is 24.4 Å². The molecule has 0 radical (unpaired) electrons. The molecule has 2 aromatic heterocycles. The van der Waals surface area contributed by atoms with Gasteiger partial charge >= 0.3 is 5.97 Å². The van der Waals surface area contributed by atoms with Crippen molar-refractivity contribution in [2.75, 3.05) is 0 Å². The molecule has 1 saturated heterocycles. The maximum atomic E-state index is 11.1. The first-order valence-electron chi connectivity index (χ1n) is 4.87. The number of aliphatic hydroxyl groups excluding tert-OH is 2. The smallest absolute Gasteiger partial charge is 0.339 e. The van der Waals surface area contributed by atoms with Crippen LogP contribution in [0.15, 0.2) is 18.9 Å². The first kappa shape index (κ1) is 10.1. The van der Waals surface area contributed by atoms with Crippen LogP contribution in [0.25, 0.3) is 11.2 Å². The number of cyclic esters (lactones) is 1. The predicted octanol–water partition coefficient (Wildman–Crippen LogP) is -1.40. The monoisotopic (exact) mass is 236 g/mol. The van der Waals surface area contributed by atoms with Crippen LogP contribution < -0.4 is 0 Å². The largest absolute Gasteiger partial charge is 0.436 e. The molecule has 0 aliphatic carbocycles. The summed E-state index contributed by atoms with van der Waals surface area (Å²) in [7, 11) is 0. The van der Waals surface area contributed by atoms with E-state index >= 15 is 0 Å². The third-order valence-corrected chi connectivity index (χ3v) is 2.61. The molecule has 17 heavy (non-hydrogen) atoms. The van der Waals surface area contributed by atoms with Crippen LogP contribution in [0.3, 0.4) is 0 Å². The lowest BCUT2D eigenvalue weighted by atomic mass is 10.2. The second-order valence-electron chi connectivity index (χ2n) is 3.65. The van der Waals surface area contributed by atoms with Crippen LogP contribution in [-0.2, 0) is 9.53 Å². The van der Waals surface area contributed by atoms with Crippen molar-refractivity contribution in [3.05, 3.63) is 18.9 Å². The zero-order valence-electron chi connectivity index (χ0n) is 8.46. The number of carbonyl (C=O) groups excluding carboxylic acids is 1. The summed E-state index contributed by atoms with van der Waals surface area (Å²) in [5.41, 5.74) is 0.933. The fourth-order valence-electron chi connectivity index (χ4n) is 1.75. The molecule has 0 aromatic carbocycles. The van der Waals surface area contributed by atoms with Crippen LogP contribution in [0.5, 0.6) is 0 Å². The zero-order valence-corrected chi connectivity index (χ0v) is 8.46. The summed E-state index contributed by atoms with van der Waals surface area (Å²) in [4.78, 5) is 22.9. The van der Waals surface area contributed by atoms with Gasteiger partial charge in [0.2, 0.25) is 6.23 Å². The van der Waals surface area contributed by atoms with E-state index in [0.717, 1.165) is 0 Å². The predicted molar refractivity (Wildman–Crippen MR) is 52.5 cm³/mol. The minimum absolute atomic E-state index is 0.422. The van der Waals surface area contributed by atoms with Gasteiger partial charge in [0.1, 0.15) is 24.3 Å². The highest BCUT2D eigenvalue weighted by Gasteiger charge is 2.44. The van der Waals surface area contributed by atoms with Gasteiger partial charge in [-0.05, 0) is 0 Å². The van der Waals surface area contributed by atoms with Crippen LogP contribution in [0.1, 0.15) is 6.23 Å². The average molecular weight is 236 g/mol. The molecule has 8 heteroatoms. The molecule has 0 spiro atoms. The highest BCUT2D eigenvalue weighted by Crippen LogP contribution is 2.27. The average Bonchev–Trinajstić information content (AvgIpc) is 2.86. The molecular weight excluding hydrogens is 228 g/mol. The molecular formula is C9H8N4O4. The van der Waals surface area contributed by atoms with Gasteiger partial charge in [-0.3, -0.25) is 4.57 Å². The Balaban J connectivity index is 2.08. The summed E-state index contributed by atoms with van der Waals surface area (Å²) in [6, 6.07) is 0. The van der Waals surface area contributed by atoms with Gasteiger partial charge in [0, 0.05) is 0 Å². The van der Waals surface area contributed by atoms with Gasteiger partial charge in [0.05, 0.1) is 6.20 Å². The summed E-state index contributed by atoms with van der Waals surface area (Å²) >= 11 is 0. The number of nitrogens with zero attached hydrogens (tertiary/aromatic N) is 4. The Hall–Kier alpha value is -2.06. The molecule has 0 saturated carbocycles. The van der Waals surface area contributed by atoms with Crippen molar-refractivity contribution in [1.29, 1.82) is 0 Å². The number of imidazole rings is 1. The molecule has 0 amide bonds. The number of fused-ring (bicyclic) bond motifs is 1. The molecule has 8 nitrogen and oxygen atoms in total. The van der Waals surface area contributed by atoms with Crippen LogP contribution in [0.4, 0.5) is 0 Å². The van der Waals surface area contributed by atoms with Crippen molar-refractivity contribution in [3.8, 4) is 0 Å². The number of aromatic nitrogens is 4. The molecule has 0 bridgehead atoms. The van der Waals surface area contributed by atoms with Gasteiger partial charge < -0.3 is 14.9 Å². The lowest BCUT2D eigenvalue weighted by molar-refractivity contribution is -0.149. The maximum absolute atomic E-state index is 11.1. The zero-order chi connectivity index (χ0) is 12.0. The molecule has 2 N–H and O–H groups in total. The first-order chi connectivity index (χ1) is 8.18. The van der Waals surface area contributed by atoms with Gasteiger partial charge in [-0.15, -0.1) is 0 Å². The lowest BCUT2D eigenvalue weighted by Crippen LogP contribution is -2.29. The van der Waals surface area contributed by atoms with E-state index in [-0.39, 0.29) is 0 Å². The number of ether oxygens (including phenoxy) is 1. The Morgan fingerprint density at radius 1 is 1.35 bits per heavy atom. The van der Waals surface area contributed by atoms with Gasteiger partial charge in [0.15, 0.2) is 11.8 Å². The van der Waals surface area contributed by atoms with E-state index in [0.29, 0.717) is 11.2 Å². The van der Waals surface area contributed by atoms with Crippen LogP contribution in [-0.4, -0.2) is 47.9 Å². The summed E-state index contributed by atoms with van der Waals surface area (Å²) in [6.45, 7) is 0. The van der Waals surface area contributed by atoms with Crippen LogP contribution in [0, 0.1) is 0 Å². The van der Waals surface area contributed by atoms with Crippen molar-refractivity contribution >= 4 is 17.1 Å².